The normalized spacial score (nSPS) is 16.3. The molecule has 1 saturated carbocycles. The van der Waals surface area contributed by atoms with Crippen molar-refractivity contribution in [2.45, 2.75) is 45.2 Å². The molecule has 2 aromatic rings. The highest BCUT2D eigenvalue weighted by molar-refractivity contribution is 5.25. The van der Waals surface area contributed by atoms with Crippen molar-refractivity contribution in [3.05, 3.63) is 53.6 Å². The van der Waals surface area contributed by atoms with Gasteiger partial charge in [0.05, 0.1) is 0 Å². The van der Waals surface area contributed by atoms with Crippen LogP contribution in [-0.4, -0.2) is 22.1 Å². The molecule has 1 heterocycles. The largest absolute Gasteiger partial charge is 0.331 e. The molecule has 1 unspecified atom stereocenters. The number of imidazole rings is 1. The molecule has 20 heavy (non-hydrogen) atoms. The molecule has 0 aliphatic heterocycles. The van der Waals surface area contributed by atoms with Crippen molar-refractivity contribution in [2.24, 2.45) is 0 Å². The van der Waals surface area contributed by atoms with Crippen molar-refractivity contribution >= 4 is 0 Å². The third-order valence-electron chi connectivity index (χ3n) is 4.12. The fourth-order valence-electron chi connectivity index (χ4n) is 2.47. The standard InChI is InChI=1S/C17H23N3/c1-13(11-19-17-7-8-17)16-5-3-15(4-6-16)12-20-10-9-18-14(20)2/h3-6,9-10,13,17,19H,7-8,11-12H2,1-2H3. The number of aryl methyl sites for hydroxylation is 1. The maximum atomic E-state index is 4.26. The minimum absolute atomic E-state index is 0.583. The first-order valence-corrected chi connectivity index (χ1v) is 7.52. The van der Waals surface area contributed by atoms with Crippen molar-refractivity contribution in [1.82, 2.24) is 14.9 Å². The summed E-state index contributed by atoms with van der Waals surface area (Å²) in [6.07, 6.45) is 6.60. The molecular formula is C17H23N3. The molecule has 1 aromatic heterocycles. The monoisotopic (exact) mass is 269 g/mol. The van der Waals surface area contributed by atoms with Gasteiger partial charge in [-0.25, -0.2) is 4.98 Å². The number of hydrogen-bond donors (Lipinski definition) is 1. The zero-order valence-corrected chi connectivity index (χ0v) is 12.3. The molecule has 1 aliphatic rings. The zero-order chi connectivity index (χ0) is 13.9. The third kappa shape index (κ3) is 3.28. The Bertz CT molecular complexity index is 552. The molecule has 106 valence electrons. The lowest BCUT2D eigenvalue weighted by Gasteiger charge is -2.13. The maximum Gasteiger partial charge on any atom is 0.105 e. The molecule has 1 fully saturated rings. The Morgan fingerprint density at radius 2 is 2.05 bits per heavy atom. The fraction of sp³-hybridized carbons (Fsp3) is 0.471. The Morgan fingerprint density at radius 1 is 1.30 bits per heavy atom. The highest BCUT2D eigenvalue weighted by atomic mass is 15.0. The molecule has 3 rings (SSSR count). The lowest BCUT2D eigenvalue weighted by Crippen LogP contribution is -2.22. The van der Waals surface area contributed by atoms with Crippen molar-refractivity contribution < 1.29 is 0 Å². The number of benzene rings is 1. The van der Waals surface area contributed by atoms with Crippen LogP contribution in [0.1, 0.15) is 42.6 Å². The summed E-state index contributed by atoms with van der Waals surface area (Å²) >= 11 is 0. The van der Waals surface area contributed by atoms with E-state index in [9.17, 15) is 0 Å². The Kier molecular flexibility index (Phi) is 3.88. The van der Waals surface area contributed by atoms with Gasteiger partial charge in [0.25, 0.3) is 0 Å². The average Bonchev–Trinajstić information content (AvgIpc) is 3.21. The molecule has 0 saturated heterocycles. The van der Waals surface area contributed by atoms with Gasteiger partial charge in [-0.15, -0.1) is 0 Å². The van der Waals surface area contributed by atoms with Gasteiger partial charge in [0.15, 0.2) is 0 Å². The van der Waals surface area contributed by atoms with Gasteiger partial charge in [0.2, 0.25) is 0 Å². The molecule has 0 spiro atoms. The lowest BCUT2D eigenvalue weighted by molar-refractivity contribution is 0.611. The highest BCUT2D eigenvalue weighted by Crippen LogP contribution is 2.21. The molecular weight excluding hydrogens is 246 g/mol. The van der Waals surface area contributed by atoms with Gasteiger partial charge in [-0.1, -0.05) is 31.2 Å². The topological polar surface area (TPSA) is 29.9 Å². The van der Waals surface area contributed by atoms with Gasteiger partial charge < -0.3 is 9.88 Å². The highest BCUT2D eigenvalue weighted by Gasteiger charge is 2.21. The Labute approximate surface area is 121 Å². The van der Waals surface area contributed by atoms with Crippen molar-refractivity contribution in [3.8, 4) is 0 Å². The molecule has 3 nitrogen and oxygen atoms in total. The number of aromatic nitrogens is 2. The SMILES string of the molecule is Cc1nccn1Cc1ccc(C(C)CNC2CC2)cc1. The van der Waals surface area contributed by atoms with E-state index in [4.69, 9.17) is 0 Å². The van der Waals surface area contributed by atoms with E-state index in [1.54, 1.807) is 0 Å². The van der Waals surface area contributed by atoms with Crippen molar-refractivity contribution in [3.63, 3.8) is 0 Å². The van der Waals surface area contributed by atoms with Crippen LogP contribution < -0.4 is 5.32 Å². The van der Waals surface area contributed by atoms with Crippen LogP contribution in [0.25, 0.3) is 0 Å². The number of rotatable bonds is 6. The van der Waals surface area contributed by atoms with Crippen molar-refractivity contribution in [1.29, 1.82) is 0 Å². The quantitative estimate of drug-likeness (QED) is 0.873. The number of nitrogens with one attached hydrogen (secondary N) is 1. The van der Waals surface area contributed by atoms with E-state index in [1.165, 1.54) is 24.0 Å². The smallest absolute Gasteiger partial charge is 0.105 e. The first-order valence-electron chi connectivity index (χ1n) is 7.52. The lowest BCUT2D eigenvalue weighted by atomic mass is 9.99. The Morgan fingerprint density at radius 3 is 2.65 bits per heavy atom. The maximum absolute atomic E-state index is 4.26. The minimum Gasteiger partial charge on any atom is -0.331 e. The number of hydrogen-bond acceptors (Lipinski definition) is 2. The Balaban J connectivity index is 1.60. The molecule has 1 N–H and O–H groups in total. The van der Waals surface area contributed by atoms with E-state index in [-0.39, 0.29) is 0 Å². The van der Waals surface area contributed by atoms with Crippen LogP contribution in [0.4, 0.5) is 0 Å². The summed E-state index contributed by atoms with van der Waals surface area (Å²) < 4.78 is 2.17. The van der Waals surface area contributed by atoms with Gasteiger partial charge in [-0.05, 0) is 36.8 Å². The molecule has 0 amide bonds. The van der Waals surface area contributed by atoms with Gasteiger partial charge >= 0.3 is 0 Å². The zero-order valence-electron chi connectivity index (χ0n) is 12.3. The van der Waals surface area contributed by atoms with Crippen LogP contribution in [0, 0.1) is 6.92 Å². The first-order chi connectivity index (χ1) is 9.72. The van der Waals surface area contributed by atoms with E-state index < -0.39 is 0 Å². The van der Waals surface area contributed by atoms with Gasteiger partial charge in [-0.2, -0.15) is 0 Å². The van der Waals surface area contributed by atoms with E-state index >= 15 is 0 Å². The molecule has 0 radical (unpaired) electrons. The Hall–Kier alpha value is -1.61. The van der Waals surface area contributed by atoms with E-state index in [2.05, 4.69) is 46.1 Å². The van der Waals surface area contributed by atoms with Crippen LogP contribution in [0.15, 0.2) is 36.7 Å². The summed E-state index contributed by atoms with van der Waals surface area (Å²) in [6, 6.07) is 9.80. The molecule has 3 heteroatoms. The van der Waals surface area contributed by atoms with E-state index in [0.29, 0.717) is 5.92 Å². The van der Waals surface area contributed by atoms with Crippen LogP contribution in [-0.2, 0) is 6.54 Å². The summed E-state index contributed by atoms with van der Waals surface area (Å²) in [5.74, 6) is 1.65. The van der Waals surface area contributed by atoms with E-state index in [1.807, 2.05) is 19.3 Å². The average molecular weight is 269 g/mol. The van der Waals surface area contributed by atoms with Gasteiger partial charge in [0.1, 0.15) is 5.82 Å². The number of nitrogens with zero attached hydrogens (tertiary/aromatic N) is 2. The second kappa shape index (κ2) is 5.80. The second-order valence-corrected chi connectivity index (χ2v) is 5.93. The third-order valence-corrected chi connectivity index (χ3v) is 4.12. The second-order valence-electron chi connectivity index (χ2n) is 5.93. The van der Waals surface area contributed by atoms with Crippen LogP contribution in [0.5, 0.6) is 0 Å². The minimum atomic E-state index is 0.583. The van der Waals surface area contributed by atoms with Gasteiger partial charge in [-0.3, -0.25) is 0 Å². The summed E-state index contributed by atoms with van der Waals surface area (Å²) in [4.78, 5) is 4.26. The summed E-state index contributed by atoms with van der Waals surface area (Å²) in [5.41, 5.74) is 2.75. The summed E-state index contributed by atoms with van der Waals surface area (Å²) in [5, 5.41) is 3.60. The first kappa shape index (κ1) is 13.4. The predicted molar refractivity (Wildman–Crippen MR) is 81.9 cm³/mol. The molecule has 1 aliphatic carbocycles. The van der Waals surface area contributed by atoms with Crippen LogP contribution >= 0.6 is 0 Å². The van der Waals surface area contributed by atoms with Gasteiger partial charge in [0, 0.05) is 31.5 Å². The molecule has 1 atom stereocenters. The summed E-state index contributed by atoms with van der Waals surface area (Å²) in [7, 11) is 0. The predicted octanol–water partition coefficient (Wildman–Crippen LogP) is 3.10. The van der Waals surface area contributed by atoms with Crippen molar-refractivity contribution in [2.75, 3.05) is 6.54 Å². The van der Waals surface area contributed by atoms with Crippen LogP contribution in [0.2, 0.25) is 0 Å². The summed E-state index contributed by atoms with van der Waals surface area (Å²) in [6.45, 7) is 6.33. The van der Waals surface area contributed by atoms with Crippen LogP contribution in [0.3, 0.4) is 0 Å². The fourth-order valence-corrected chi connectivity index (χ4v) is 2.47. The van der Waals surface area contributed by atoms with E-state index in [0.717, 1.165) is 25.0 Å². The molecule has 1 aromatic carbocycles. The molecule has 0 bridgehead atoms.